The average Bonchev–Trinajstić information content (AvgIpc) is 3.43. The maximum Gasteiger partial charge on any atom is 0.307 e. The van der Waals surface area contributed by atoms with Crippen LogP contribution in [0.5, 0.6) is 0 Å². The van der Waals surface area contributed by atoms with E-state index in [1.54, 1.807) is 30.5 Å². The molecule has 1 amide bonds. The van der Waals surface area contributed by atoms with Crippen LogP contribution in [0.15, 0.2) is 92.3 Å². The maximum absolute atomic E-state index is 11.9. The number of nitro groups is 1. The van der Waals surface area contributed by atoms with Crippen LogP contribution < -0.4 is 5.43 Å². The van der Waals surface area contributed by atoms with Crippen molar-refractivity contribution in [1.82, 2.24) is 9.99 Å². The Morgan fingerprint density at radius 3 is 2.36 bits per heavy atom. The fraction of sp³-hybridized carbons (Fsp3) is 0.0833. The summed E-state index contributed by atoms with van der Waals surface area (Å²) in [5, 5.41) is 14.8. The molecule has 0 aliphatic heterocycles. The Labute approximate surface area is 194 Å². The smallest absolute Gasteiger partial charge is 0.307 e. The number of rotatable bonds is 7. The van der Waals surface area contributed by atoms with Gasteiger partial charge in [0.15, 0.2) is 5.76 Å². The van der Waals surface area contributed by atoms with E-state index in [9.17, 15) is 14.9 Å². The SMILES string of the molecule is Cc1cc(/C=N\NC(=O)c2ccco2)c(C)n1-c1ccc(Sc2ccc([N+](=O)[O-])cc2)cc1. The third-order valence-corrected chi connectivity index (χ3v) is 5.98. The summed E-state index contributed by atoms with van der Waals surface area (Å²) in [6, 6.07) is 19.8. The lowest BCUT2D eigenvalue weighted by atomic mass is 10.2. The number of hydrogen-bond donors (Lipinski definition) is 1. The number of aromatic nitrogens is 1. The number of carbonyl (C=O) groups is 1. The first-order valence-electron chi connectivity index (χ1n) is 10.0. The molecule has 0 unspecified atom stereocenters. The molecule has 2 aromatic carbocycles. The van der Waals surface area contributed by atoms with Gasteiger partial charge in [0.05, 0.1) is 17.4 Å². The van der Waals surface area contributed by atoms with Gasteiger partial charge in [-0.05, 0) is 68.4 Å². The Bertz CT molecular complexity index is 1310. The number of nitrogens with zero attached hydrogens (tertiary/aromatic N) is 3. The van der Waals surface area contributed by atoms with Gasteiger partial charge in [-0.25, -0.2) is 5.43 Å². The van der Waals surface area contributed by atoms with Crippen LogP contribution in [0.3, 0.4) is 0 Å². The number of hydrazone groups is 1. The number of furan rings is 1. The first-order valence-corrected chi connectivity index (χ1v) is 10.8. The molecule has 0 bridgehead atoms. The summed E-state index contributed by atoms with van der Waals surface area (Å²) < 4.78 is 7.15. The molecule has 0 saturated heterocycles. The first kappa shape index (κ1) is 22.1. The highest BCUT2D eigenvalue weighted by Crippen LogP contribution is 2.30. The minimum atomic E-state index is -0.411. The van der Waals surface area contributed by atoms with Crippen LogP contribution in [-0.2, 0) is 0 Å². The molecule has 0 fully saturated rings. The van der Waals surface area contributed by atoms with E-state index in [2.05, 4.69) is 15.1 Å². The van der Waals surface area contributed by atoms with Crippen LogP contribution in [0, 0.1) is 24.0 Å². The van der Waals surface area contributed by atoms with E-state index in [-0.39, 0.29) is 11.4 Å². The van der Waals surface area contributed by atoms with Crippen molar-refractivity contribution in [2.75, 3.05) is 0 Å². The quantitative estimate of drug-likeness (QED) is 0.222. The zero-order valence-electron chi connectivity index (χ0n) is 17.9. The van der Waals surface area contributed by atoms with Gasteiger partial charge >= 0.3 is 5.91 Å². The molecule has 0 aliphatic carbocycles. The maximum atomic E-state index is 11.9. The van der Waals surface area contributed by atoms with Gasteiger partial charge in [0.2, 0.25) is 0 Å². The lowest BCUT2D eigenvalue weighted by Gasteiger charge is -2.10. The summed E-state index contributed by atoms with van der Waals surface area (Å²) in [6.07, 6.45) is 3.04. The number of benzene rings is 2. The van der Waals surface area contributed by atoms with E-state index in [0.717, 1.165) is 32.4 Å². The lowest BCUT2D eigenvalue weighted by Crippen LogP contribution is -2.16. The Morgan fingerprint density at radius 1 is 1.09 bits per heavy atom. The van der Waals surface area contributed by atoms with E-state index < -0.39 is 10.8 Å². The minimum Gasteiger partial charge on any atom is -0.459 e. The van der Waals surface area contributed by atoms with Gasteiger partial charge < -0.3 is 8.98 Å². The van der Waals surface area contributed by atoms with Gasteiger partial charge in [-0.1, -0.05) is 11.8 Å². The van der Waals surface area contributed by atoms with Gasteiger partial charge in [0, 0.05) is 44.6 Å². The largest absolute Gasteiger partial charge is 0.459 e. The van der Waals surface area contributed by atoms with Gasteiger partial charge in [0.25, 0.3) is 5.69 Å². The Hall–Kier alpha value is -4.11. The van der Waals surface area contributed by atoms with Crippen molar-refractivity contribution >= 4 is 29.6 Å². The van der Waals surface area contributed by atoms with Gasteiger partial charge in [-0.3, -0.25) is 14.9 Å². The number of amides is 1. The van der Waals surface area contributed by atoms with Crippen molar-refractivity contribution < 1.29 is 14.1 Å². The topological polar surface area (TPSA) is 103 Å². The summed E-state index contributed by atoms with van der Waals surface area (Å²) >= 11 is 1.54. The molecular formula is C24H20N4O4S. The third-order valence-electron chi connectivity index (χ3n) is 4.96. The monoisotopic (exact) mass is 460 g/mol. The second-order valence-corrected chi connectivity index (χ2v) is 8.33. The predicted octanol–water partition coefficient (Wildman–Crippen LogP) is 5.51. The molecule has 9 heteroatoms. The zero-order chi connectivity index (χ0) is 23.4. The van der Waals surface area contributed by atoms with Crippen molar-refractivity contribution in [2.45, 2.75) is 23.6 Å². The summed E-state index contributed by atoms with van der Waals surface area (Å²) in [5.41, 5.74) is 6.43. The van der Waals surface area contributed by atoms with Crippen molar-refractivity contribution in [3.63, 3.8) is 0 Å². The van der Waals surface area contributed by atoms with Crippen LogP contribution >= 0.6 is 11.8 Å². The molecule has 0 spiro atoms. The van der Waals surface area contributed by atoms with E-state index in [0.29, 0.717) is 0 Å². The van der Waals surface area contributed by atoms with Gasteiger partial charge in [-0.15, -0.1) is 0 Å². The zero-order valence-corrected chi connectivity index (χ0v) is 18.7. The van der Waals surface area contributed by atoms with E-state index in [1.165, 1.54) is 30.2 Å². The molecule has 4 aromatic rings. The van der Waals surface area contributed by atoms with Crippen LogP contribution in [0.2, 0.25) is 0 Å². The molecular weight excluding hydrogens is 440 g/mol. The van der Waals surface area contributed by atoms with Gasteiger partial charge in [0.1, 0.15) is 0 Å². The summed E-state index contributed by atoms with van der Waals surface area (Å²) in [6.45, 7) is 3.99. The fourth-order valence-electron chi connectivity index (χ4n) is 3.37. The predicted molar refractivity (Wildman–Crippen MR) is 126 cm³/mol. The van der Waals surface area contributed by atoms with Crippen LogP contribution in [0.25, 0.3) is 5.69 Å². The Kier molecular flexibility index (Phi) is 6.41. The number of non-ortho nitro benzene ring substituents is 1. The normalized spacial score (nSPS) is 11.1. The molecule has 0 saturated carbocycles. The number of hydrogen-bond acceptors (Lipinski definition) is 6. The van der Waals surface area contributed by atoms with Crippen LogP contribution in [0.1, 0.15) is 27.5 Å². The van der Waals surface area contributed by atoms with Crippen molar-refractivity contribution in [2.24, 2.45) is 5.10 Å². The van der Waals surface area contributed by atoms with Crippen molar-refractivity contribution in [3.05, 3.63) is 106 Å². The second-order valence-electron chi connectivity index (χ2n) is 7.19. The van der Waals surface area contributed by atoms with Crippen molar-refractivity contribution in [1.29, 1.82) is 0 Å². The molecule has 2 heterocycles. The molecule has 166 valence electrons. The average molecular weight is 461 g/mol. The minimum absolute atomic E-state index is 0.0770. The standard InChI is InChI=1S/C24H20N4O4S/c1-16-14-18(15-25-26-24(29)23-4-3-13-32-23)17(2)27(16)19-5-9-21(10-6-19)33-22-11-7-20(8-12-22)28(30)31/h3-15H,1-2H3,(H,26,29)/b25-15-. The van der Waals surface area contributed by atoms with Crippen molar-refractivity contribution in [3.8, 4) is 5.69 Å². The number of nitro benzene ring substituents is 1. The molecule has 1 N–H and O–H groups in total. The molecule has 4 rings (SSSR count). The highest BCUT2D eigenvalue weighted by atomic mass is 32.2. The number of nitrogens with one attached hydrogen (secondary N) is 1. The summed E-state index contributed by atoms with van der Waals surface area (Å²) in [4.78, 5) is 24.3. The van der Waals surface area contributed by atoms with Crippen LogP contribution in [0.4, 0.5) is 5.69 Å². The van der Waals surface area contributed by atoms with E-state index in [1.807, 2.05) is 44.2 Å². The molecule has 2 aromatic heterocycles. The third kappa shape index (κ3) is 5.04. The fourth-order valence-corrected chi connectivity index (χ4v) is 4.19. The Balaban J connectivity index is 1.46. The molecule has 0 radical (unpaired) electrons. The second kappa shape index (κ2) is 9.58. The lowest BCUT2D eigenvalue weighted by molar-refractivity contribution is -0.384. The molecule has 8 nitrogen and oxygen atoms in total. The summed E-state index contributed by atoms with van der Waals surface area (Å²) in [7, 11) is 0. The highest BCUT2D eigenvalue weighted by molar-refractivity contribution is 7.99. The number of carbonyl (C=O) groups excluding carboxylic acids is 1. The highest BCUT2D eigenvalue weighted by Gasteiger charge is 2.11. The van der Waals surface area contributed by atoms with Gasteiger partial charge in [-0.2, -0.15) is 5.10 Å². The van der Waals surface area contributed by atoms with Crippen LogP contribution in [-0.4, -0.2) is 21.6 Å². The van der Waals surface area contributed by atoms with E-state index >= 15 is 0 Å². The molecule has 0 aliphatic rings. The van der Waals surface area contributed by atoms with E-state index in [4.69, 9.17) is 4.42 Å². The molecule has 0 atom stereocenters. The summed E-state index contributed by atoms with van der Waals surface area (Å²) in [5.74, 6) is -0.213. The number of aryl methyl sites for hydroxylation is 1. The Morgan fingerprint density at radius 2 is 1.76 bits per heavy atom. The first-order chi connectivity index (χ1) is 15.9. The molecule has 33 heavy (non-hydrogen) atoms.